The van der Waals surface area contributed by atoms with Gasteiger partial charge in [-0.25, -0.2) is 4.98 Å². The molecule has 82 valence electrons. The van der Waals surface area contributed by atoms with Crippen molar-refractivity contribution in [2.45, 2.75) is 6.92 Å². The number of nitrogens with two attached hydrogens (primary N) is 2. The van der Waals surface area contributed by atoms with Crippen LogP contribution < -0.4 is 16.2 Å². The van der Waals surface area contributed by atoms with Gasteiger partial charge in [0.2, 0.25) is 5.88 Å². The van der Waals surface area contributed by atoms with Crippen LogP contribution in [0.25, 0.3) is 0 Å². The molecule has 1 heterocycles. The van der Waals surface area contributed by atoms with E-state index in [1.54, 1.807) is 0 Å². The minimum atomic E-state index is 0.220. The van der Waals surface area contributed by atoms with Gasteiger partial charge in [-0.3, -0.25) is 0 Å². The van der Waals surface area contributed by atoms with E-state index in [-0.39, 0.29) is 17.4 Å². The lowest BCUT2D eigenvalue weighted by molar-refractivity contribution is 0.464. The monoisotopic (exact) mass is 216 g/mol. The first-order chi connectivity index (χ1) is 7.66. The number of nitrogen functional groups attached to an aromatic ring is 2. The summed E-state index contributed by atoms with van der Waals surface area (Å²) in [5.41, 5.74) is 12.6. The number of benzene rings is 1. The Bertz CT molecular complexity index is 496. The van der Waals surface area contributed by atoms with Gasteiger partial charge in [0.1, 0.15) is 17.8 Å². The first-order valence-corrected chi connectivity index (χ1v) is 4.77. The van der Waals surface area contributed by atoms with Crippen molar-refractivity contribution in [1.29, 1.82) is 0 Å². The van der Waals surface area contributed by atoms with E-state index < -0.39 is 0 Å². The lowest BCUT2D eigenvalue weighted by Gasteiger charge is -2.07. The minimum Gasteiger partial charge on any atom is -0.437 e. The van der Waals surface area contributed by atoms with Gasteiger partial charge in [-0.15, -0.1) is 0 Å². The summed E-state index contributed by atoms with van der Waals surface area (Å²) >= 11 is 0. The molecule has 0 unspecified atom stereocenters. The molecule has 1 aromatic carbocycles. The minimum absolute atomic E-state index is 0.220. The van der Waals surface area contributed by atoms with Crippen LogP contribution in [-0.4, -0.2) is 9.97 Å². The predicted octanol–water partition coefficient (Wildman–Crippen LogP) is 1.74. The molecule has 1 aromatic heterocycles. The predicted molar refractivity (Wildman–Crippen MR) is 62.1 cm³/mol. The molecule has 0 spiro atoms. The second kappa shape index (κ2) is 4.06. The van der Waals surface area contributed by atoms with Gasteiger partial charge in [-0.1, -0.05) is 17.7 Å². The van der Waals surface area contributed by atoms with E-state index >= 15 is 0 Å². The molecule has 16 heavy (non-hydrogen) atoms. The van der Waals surface area contributed by atoms with Gasteiger partial charge >= 0.3 is 0 Å². The third kappa shape index (κ3) is 2.03. The third-order valence-electron chi connectivity index (χ3n) is 2.11. The summed E-state index contributed by atoms with van der Waals surface area (Å²) in [5, 5.41) is 0. The van der Waals surface area contributed by atoms with Gasteiger partial charge in [-0.05, 0) is 19.1 Å². The number of anilines is 2. The molecule has 0 aliphatic carbocycles. The standard InChI is InChI=1S/C11H12N4O/c1-7-2-4-8(5-3-7)16-11-9(12)10(13)14-6-15-11/h2-6H,12H2,1H3,(H2,13,14,15). The average molecular weight is 216 g/mol. The second-order valence-corrected chi connectivity index (χ2v) is 3.39. The van der Waals surface area contributed by atoms with E-state index in [0.29, 0.717) is 5.75 Å². The van der Waals surface area contributed by atoms with Crippen LogP contribution >= 0.6 is 0 Å². The first kappa shape index (κ1) is 10.2. The molecule has 0 aliphatic heterocycles. The lowest BCUT2D eigenvalue weighted by atomic mass is 10.2. The highest BCUT2D eigenvalue weighted by Gasteiger charge is 2.07. The van der Waals surface area contributed by atoms with E-state index in [1.807, 2.05) is 31.2 Å². The van der Waals surface area contributed by atoms with Crippen molar-refractivity contribution < 1.29 is 4.74 Å². The Morgan fingerprint density at radius 2 is 1.75 bits per heavy atom. The number of ether oxygens (including phenoxy) is 1. The Hall–Kier alpha value is -2.30. The normalized spacial score (nSPS) is 10.1. The summed E-state index contributed by atoms with van der Waals surface area (Å²) in [6, 6.07) is 7.56. The van der Waals surface area contributed by atoms with Gasteiger partial charge in [0.25, 0.3) is 0 Å². The molecule has 0 saturated carbocycles. The Kier molecular flexibility index (Phi) is 2.59. The highest BCUT2D eigenvalue weighted by atomic mass is 16.5. The maximum Gasteiger partial charge on any atom is 0.248 e. The van der Waals surface area contributed by atoms with Crippen LogP contribution in [0.4, 0.5) is 11.5 Å². The van der Waals surface area contributed by atoms with Crippen LogP contribution in [0.3, 0.4) is 0 Å². The SMILES string of the molecule is Cc1ccc(Oc2ncnc(N)c2N)cc1. The molecule has 5 heteroatoms. The zero-order valence-corrected chi connectivity index (χ0v) is 8.84. The van der Waals surface area contributed by atoms with E-state index in [1.165, 1.54) is 6.33 Å². The van der Waals surface area contributed by atoms with Crippen molar-refractivity contribution in [3.8, 4) is 11.6 Å². The summed E-state index contributed by atoms with van der Waals surface area (Å²) in [5.74, 6) is 1.16. The lowest BCUT2D eigenvalue weighted by Crippen LogP contribution is -2.02. The average Bonchev–Trinajstić information content (AvgIpc) is 2.28. The summed E-state index contributed by atoms with van der Waals surface area (Å²) in [4.78, 5) is 7.68. The molecule has 0 aliphatic rings. The van der Waals surface area contributed by atoms with Crippen molar-refractivity contribution in [2.24, 2.45) is 0 Å². The van der Waals surface area contributed by atoms with E-state index in [2.05, 4.69) is 9.97 Å². The molecular formula is C11H12N4O. The van der Waals surface area contributed by atoms with Crippen molar-refractivity contribution in [2.75, 3.05) is 11.5 Å². The summed E-state index contributed by atoms with van der Waals surface area (Å²) in [7, 11) is 0. The number of rotatable bonds is 2. The van der Waals surface area contributed by atoms with Crippen molar-refractivity contribution in [3.63, 3.8) is 0 Å². The van der Waals surface area contributed by atoms with E-state index in [4.69, 9.17) is 16.2 Å². The fraction of sp³-hybridized carbons (Fsp3) is 0.0909. The Balaban J connectivity index is 2.27. The van der Waals surface area contributed by atoms with Crippen LogP contribution in [0.2, 0.25) is 0 Å². The van der Waals surface area contributed by atoms with Gasteiger partial charge in [0.15, 0.2) is 5.82 Å². The highest BCUT2D eigenvalue weighted by Crippen LogP contribution is 2.27. The second-order valence-electron chi connectivity index (χ2n) is 3.39. The zero-order chi connectivity index (χ0) is 11.5. The Labute approximate surface area is 93.1 Å². The molecule has 0 bridgehead atoms. The molecule has 2 aromatic rings. The molecule has 0 atom stereocenters. The van der Waals surface area contributed by atoms with Gasteiger partial charge < -0.3 is 16.2 Å². The van der Waals surface area contributed by atoms with Crippen molar-refractivity contribution >= 4 is 11.5 Å². The number of aromatic nitrogens is 2. The molecule has 5 nitrogen and oxygen atoms in total. The summed E-state index contributed by atoms with van der Waals surface area (Å²) in [6.07, 6.45) is 1.31. The van der Waals surface area contributed by atoms with Crippen LogP contribution in [0.1, 0.15) is 5.56 Å². The Morgan fingerprint density at radius 3 is 2.44 bits per heavy atom. The van der Waals surface area contributed by atoms with Crippen LogP contribution in [0, 0.1) is 6.92 Å². The van der Waals surface area contributed by atoms with Crippen molar-refractivity contribution in [3.05, 3.63) is 36.2 Å². The molecule has 4 N–H and O–H groups in total. The molecular weight excluding hydrogens is 204 g/mol. The molecule has 0 amide bonds. The van der Waals surface area contributed by atoms with Gasteiger partial charge in [0.05, 0.1) is 0 Å². The van der Waals surface area contributed by atoms with Crippen LogP contribution in [-0.2, 0) is 0 Å². The molecule has 0 saturated heterocycles. The van der Waals surface area contributed by atoms with E-state index in [9.17, 15) is 0 Å². The van der Waals surface area contributed by atoms with Gasteiger partial charge in [0, 0.05) is 0 Å². The van der Waals surface area contributed by atoms with E-state index in [0.717, 1.165) is 5.56 Å². The van der Waals surface area contributed by atoms with Crippen LogP contribution in [0.5, 0.6) is 11.6 Å². The molecule has 0 radical (unpaired) electrons. The van der Waals surface area contributed by atoms with Crippen molar-refractivity contribution in [1.82, 2.24) is 9.97 Å². The maximum atomic E-state index is 5.69. The van der Waals surface area contributed by atoms with Gasteiger partial charge in [-0.2, -0.15) is 4.98 Å². The number of nitrogens with zero attached hydrogens (tertiary/aromatic N) is 2. The summed E-state index contributed by atoms with van der Waals surface area (Å²) < 4.78 is 5.49. The summed E-state index contributed by atoms with van der Waals surface area (Å²) in [6.45, 7) is 2.00. The first-order valence-electron chi connectivity index (χ1n) is 4.77. The fourth-order valence-electron chi connectivity index (χ4n) is 1.19. The zero-order valence-electron chi connectivity index (χ0n) is 8.84. The maximum absolute atomic E-state index is 5.69. The highest BCUT2D eigenvalue weighted by molar-refractivity contribution is 5.64. The molecule has 2 rings (SSSR count). The fourth-order valence-corrected chi connectivity index (χ4v) is 1.19. The number of hydrogen-bond donors (Lipinski definition) is 2. The number of hydrogen-bond acceptors (Lipinski definition) is 5. The molecule has 0 fully saturated rings. The quantitative estimate of drug-likeness (QED) is 0.798. The largest absolute Gasteiger partial charge is 0.437 e. The number of aryl methyl sites for hydroxylation is 1. The smallest absolute Gasteiger partial charge is 0.248 e. The van der Waals surface area contributed by atoms with Crippen LogP contribution in [0.15, 0.2) is 30.6 Å². The third-order valence-corrected chi connectivity index (χ3v) is 2.11. The topological polar surface area (TPSA) is 87.0 Å². The Morgan fingerprint density at radius 1 is 1.06 bits per heavy atom.